The maximum Gasteiger partial charge on any atom is 0.211 e. The lowest BCUT2D eigenvalue weighted by atomic mass is 9.94. The molecule has 1 N–H and O–H groups in total. The number of aryl methyl sites for hydroxylation is 1. The number of ether oxygens (including phenoxy) is 1. The van der Waals surface area contributed by atoms with Gasteiger partial charge < -0.3 is 18.9 Å². The number of nitrogens with zero attached hydrogens (tertiary/aromatic N) is 3. The van der Waals surface area contributed by atoms with Crippen LogP contribution in [0.4, 0.5) is 11.4 Å². The van der Waals surface area contributed by atoms with Crippen LogP contribution in [0.15, 0.2) is 47.4 Å². The largest absolute Gasteiger partial charge is 0.381 e. The summed E-state index contributed by atoms with van der Waals surface area (Å²) in [5.41, 5.74) is 4.13. The molecule has 1 aliphatic heterocycles. The molecule has 33 heavy (non-hydrogen) atoms. The zero-order valence-corrected chi connectivity index (χ0v) is 20.8. The summed E-state index contributed by atoms with van der Waals surface area (Å²) in [4.78, 5) is 16.8. The fourth-order valence-corrected chi connectivity index (χ4v) is 5.14. The van der Waals surface area contributed by atoms with Gasteiger partial charge in [-0.05, 0) is 79.6 Å². The van der Waals surface area contributed by atoms with E-state index in [1.807, 2.05) is 24.3 Å². The van der Waals surface area contributed by atoms with Crippen LogP contribution in [-0.4, -0.2) is 36.2 Å². The van der Waals surface area contributed by atoms with Crippen molar-refractivity contribution in [2.45, 2.75) is 56.9 Å². The van der Waals surface area contributed by atoms with Gasteiger partial charge in [0.05, 0.1) is 11.0 Å². The van der Waals surface area contributed by atoms with E-state index in [1.54, 1.807) is 11.9 Å². The summed E-state index contributed by atoms with van der Waals surface area (Å²) in [7, 11) is 2.07. The van der Waals surface area contributed by atoms with Gasteiger partial charge in [0.25, 0.3) is 0 Å². The van der Waals surface area contributed by atoms with Gasteiger partial charge in [0.2, 0.25) is 6.41 Å². The second-order valence-corrected chi connectivity index (χ2v) is 10.9. The first-order valence-electron chi connectivity index (χ1n) is 11.7. The Kier molecular flexibility index (Phi) is 7.29. The zero-order chi connectivity index (χ0) is 23.4. The Hall–Kier alpha value is -2.51. The molecular formula is C26H34N4O2S. The molecule has 7 heteroatoms. The third-order valence-corrected chi connectivity index (χ3v) is 7.16. The molecule has 1 amide bonds. The first-order chi connectivity index (χ1) is 15.8. The average molecular weight is 467 g/mol. The molecule has 176 valence electrons. The third-order valence-electron chi connectivity index (χ3n) is 6.19. The summed E-state index contributed by atoms with van der Waals surface area (Å²) in [6.07, 6.45) is 4.19. The van der Waals surface area contributed by atoms with Crippen molar-refractivity contribution < 1.29 is 9.53 Å². The fraction of sp³-hybridized carbons (Fsp3) is 0.462. The van der Waals surface area contributed by atoms with Gasteiger partial charge >= 0.3 is 0 Å². The highest BCUT2D eigenvalue weighted by Crippen LogP contribution is 2.33. The summed E-state index contributed by atoms with van der Waals surface area (Å²) >= 11 is 1.65. The number of anilines is 2. The highest BCUT2D eigenvalue weighted by atomic mass is 32.2. The van der Waals surface area contributed by atoms with Gasteiger partial charge in [-0.1, -0.05) is 20.8 Å². The predicted molar refractivity (Wildman–Crippen MR) is 137 cm³/mol. The van der Waals surface area contributed by atoms with Gasteiger partial charge in [0.1, 0.15) is 5.82 Å². The van der Waals surface area contributed by atoms with E-state index < -0.39 is 0 Å². The number of aromatic nitrogens is 2. The van der Waals surface area contributed by atoms with Crippen LogP contribution >= 0.6 is 11.9 Å². The summed E-state index contributed by atoms with van der Waals surface area (Å²) in [6, 6.07) is 14.4. The standard InChI is InChI=1S/C26H34N4O2S/c1-26(2,3)25-28-23-17-21(29(4)33-22-8-5-20(6-9-22)27-18-31)7-10-24(23)30(25)14-11-19-12-15-32-16-13-19/h5-10,17-19H,11-16H2,1-4H3,(H,27,31). The molecule has 1 aliphatic rings. The molecule has 6 nitrogen and oxygen atoms in total. The van der Waals surface area contributed by atoms with E-state index >= 15 is 0 Å². The number of rotatable bonds is 8. The van der Waals surface area contributed by atoms with Crippen LogP contribution in [0.5, 0.6) is 0 Å². The minimum Gasteiger partial charge on any atom is -0.381 e. The number of carbonyl (C=O) groups is 1. The number of imidazole rings is 1. The molecule has 0 bridgehead atoms. The van der Waals surface area contributed by atoms with Crippen molar-refractivity contribution in [3.63, 3.8) is 0 Å². The van der Waals surface area contributed by atoms with E-state index in [4.69, 9.17) is 9.72 Å². The van der Waals surface area contributed by atoms with Gasteiger partial charge in [0, 0.05) is 48.5 Å². The molecule has 0 saturated carbocycles. The summed E-state index contributed by atoms with van der Waals surface area (Å²) in [5.74, 6) is 1.88. The number of fused-ring (bicyclic) bond motifs is 1. The zero-order valence-electron chi connectivity index (χ0n) is 20.0. The molecule has 0 unspecified atom stereocenters. The molecule has 3 aromatic rings. The Bertz CT molecular complexity index is 1080. The first kappa shape index (κ1) is 23.6. The topological polar surface area (TPSA) is 59.4 Å². The quantitative estimate of drug-likeness (QED) is 0.333. The van der Waals surface area contributed by atoms with Crippen molar-refractivity contribution in [1.29, 1.82) is 0 Å². The molecule has 2 heterocycles. The molecule has 4 rings (SSSR count). The van der Waals surface area contributed by atoms with Crippen molar-refractivity contribution in [1.82, 2.24) is 9.55 Å². The van der Waals surface area contributed by atoms with E-state index in [1.165, 1.54) is 11.9 Å². The van der Waals surface area contributed by atoms with Gasteiger partial charge in [-0.25, -0.2) is 4.98 Å². The number of hydrogen-bond donors (Lipinski definition) is 1. The van der Waals surface area contributed by atoms with E-state index in [0.717, 1.165) is 66.1 Å². The molecular weight excluding hydrogens is 432 g/mol. The van der Waals surface area contributed by atoms with Gasteiger partial charge in [-0.3, -0.25) is 4.79 Å². The Morgan fingerprint density at radius 2 is 1.91 bits per heavy atom. The van der Waals surface area contributed by atoms with Gasteiger partial charge in [0.15, 0.2) is 0 Å². The molecule has 0 aliphatic carbocycles. The minimum absolute atomic E-state index is 0.0210. The van der Waals surface area contributed by atoms with Crippen molar-refractivity contribution >= 4 is 40.8 Å². The van der Waals surface area contributed by atoms with E-state index in [-0.39, 0.29) is 5.41 Å². The number of amides is 1. The molecule has 0 radical (unpaired) electrons. The highest BCUT2D eigenvalue weighted by Gasteiger charge is 2.24. The maximum atomic E-state index is 10.6. The lowest BCUT2D eigenvalue weighted by Gasteiger charge is -2.24. The molecule has 0 spiro atoms. The second-order valence-electron chi connectivity index (χ2n) is 9.73. The SMILES string of the molecule is CN(Sc1ccc(NC=O)cc1)c1ccc2c(c1)nc(C(C)(C)C)n2CCC1CCOCC1. The van der Waals surface area contributed by atoms with Crippen LogP contribution < -0.4 is 9.62 Å². The minimum atomic E-state index is -0.0210. The fourth-order valence-electron chi connectivity index (χ4n) is 4.35. The lowest BCUT2D eigenvalue weighted by Crippen LogP contribution is -2.21. The van der Waals surface area contributed by atoms with E-state index in [9.17, 15) is 4.79 Å². The maximum absolute atomic E-state index is 10.6. The van der Waals surface area contributed by atoms with Crippen molar-refractivity contribution in [2.75, 3.05) is 29.9 Å². The summed E-state index contributed by atoms with van der Waals surface area (Å²) in [5, 5.41) is 2.67. The van der Waals surface area contributed by atoms with E-state index in [0.29, 0.717) is 6.41 Å². The summed E-state index contributed by atoms with van der Waals surface area (Å²) < 4.78 is 10.1. The summed E-state index contributed by atoms with van der Waals surface area (Å²) in [6.45, 7) is 9.51. The van der Waals surface area contributed by atoms with Crippen LogP contribution in [-0.2, 0) is 21.5 Å². The Morgan fingerprint density at radius 3 is 2.58 bits per heavy atom. The smallest absolute Gasteiger partial charge is 0.211 e. The Morgan fingerprint density at radius 1 is 1.18 bits per heavy atom. The Labute approximate surface area is 200 Å². The number of benzene rings is 2. The normalized spacial score (nSPS) is 15.0. The van der Waals surface area contributed by atoms with Crippen molar-refractivity contribution in [3.05, 3.63) is 48.3 Å². The highest BCUT2D eigenvalue weighted by molar-refractivity contribution is 8.00. The number of carbonyl (C=O) groups excluding carboxylic acids is 1. The van der Waals surface area contributed by atoms with E-state index in [2.05, 4.69) is 60.2 Å². The van der Waals surface area contributed by atoms with Gasteiger partial charge in [-0.15, -0.1) is 0 Å². The van der Waals surface area contributed by atoms with Crippen LogP contribution in [0.25, 0.3) is 11.0 Å². The van der Waals surface area contributed by atoms with Crippen LogP contribution in [0, 0.1) is 5.92 Å². The molecule has 1 fully saturated rings. The van der Waals surface area contributed by atoms with Gasteiger partial charge in [-0.2, -0.15) is 0 Å². The molecule has 0 atom stereocenters. The molecule has 1 saturated heterocycles. The number of nitrogens with one attached hydrogen (secondary N) is 1. The van der Waals surface area contributed by atoms with Crippen LogP contribution in [0.2, 0.25) is 0 Å². The predicted octanol–water partition coefficient (Wildman–Crippen LogP) is 5.86. The molecule has 1 aromatic heterocycles. The Balaban J connectivity index is 1.55. The van der Waals surface area contributed by atoms with Crippen LogP contribution in [0.3, 0.4) is 0 Å². The third kappa shape index (κ3) is 5.71. The lowest BCUT2D eigenvalue weighted by molar-refractivity contribution is -0.105. The molecule has 2 aromatic carbocycles. The van der Waals surface area contributed by atoms with Crippen LogP contribution in [0.1, 0.15) is 45.9 Å². The number of hydrogen-bond acceptors (Lipinski definition) is 5. The van der Waals surface area contributed by atoms with Crippen molar-refractivity contribution in [3.8, 4) is 0 Å². The average Bonchev–Trinajstić information content (AvgIpc) is 3.18. The second kappa shape index (κ2) is 10.2. The van der Waals surface area contributed by atoms with Crippen molar-refractivity contribution in [2.24, 2.45) is 5.92 Å². The monoisotopic (exact) mass is 466 g/mol. The first-order valence-corrected chi connectivity index (χ1v) is 12.4.